The monoisotopic (exact) mass is 449 g/mol. The van der Waals surface area contributed by atoms with Crippen molar-refractivity contribution in [3.63, 3.8) is 0 Å². The average Bonchev–Trinajstić information content (AvgIpc) is 3.23. The SMILES string of the molecule is CPc1cnn2c(NC3CCN(C4CCCC(C)C4)CC3)cc(-c3ccccc3C)nc12. The van der Waals surface area contributed by atoms with Crippen LogP contribution in [0.5, 0.6) is 0 Å². The predicted molar refractivity (Wildman–Crippen MR) is 137 cm³/mol. The third-order valence-corrected chi connectivity index (χ3v) is 8.36. The van der Waals surface area contributed by atoms with Crippen LogP contribution in [-0.4, -0.2) is 51.3 Å². The van der Waals surface area contributed by atoms with E-state index in [9.17, 15) is 0 Å². The number of hydrogen-bond donors (Lipinski definition) is 1. The lowest BCUT2D eigenvalue weighted by Gasteiger charge is -2.41. The summed E-state index contributed by atoms with van der Waals surface area (Å²) in [6, 6.07) is 12.0. The van der Waals surface area contributed by atoms with E-state index < -0.39 is 0 Å². The van der Waals surface area contributed by atoms with Crippen LogP contribution < -0.4 is 10.6 Å². The van der Waals surface area contributed by atoms with Crippen LogP contribution in [0.4, 0.5) is 5.82 Å². The Morgan fingerprint density at radius 1 is 1.09 bits per heavy atom. The lowest BCUT2D eigenvalue weighted by molar-refractivity contribution is 0.109. The van der Waals surface area contributed by atoms with E-state index in [4.69, 9.17) is 10.1 Å². The van der Waals surface area contributed by atoms with Gasteiger partial charge in [0.25, 0.3) is 0 Å². The molecule has 1 saturated heterocycles. The van der Waals surface area contributed by atoms with E-state index in [0.717, 1.165) is 29.1 Å². The molecular formula is C26H36N5P. The molecule has 1 aliphatic heterocycles. The first-order valence-corrected chi connectivity index (χ1v) is 13.8. The van der Waals surface area contributed by atoms with E-state index in [0.29, 0.717) is 14.6 Å². The van der Waals surface area contributed by atoms with Gasteiger partial charge >= 0.3 is 0 Å². The largest absolute Gasteiger partial charge is 0.367 e. The van der Waals surface area contributed by atoms with Gasteiger partial charge in [-0.3, -0.25) is 0 Å². The molecule has 3 heterocycles. The molecular weight excluding hydrogens is 413 g/mol. The summed E-state index contributed by atoms with van der Waals surface area (Å²) in [5, 5.41) is 9.78. The van der Waals surface area contributed by atoms with Crippen molar-refractivity contribution >= 4 is 25.4 Å². The molecule has 1 aromatic carbocycles. The molecule has 0 spiro atoms. The molecule has 0 amide bonds. The summed E-state index contributed by atoms with van der Waals surface area (Å²) in [6.45, 7) is 9.20. The van der Waals surface area contributed by atoms with E-state index in [-0.39, 0.29) is 0 Å². The van der Waals surface area contributed by atoms with Gasteiger partial charge in [0.15, 0.2) is 5.65 Å². The maximum atomic E-state index is 5.03. The summed E-state index contributed by atoms with van der Waals surface area (Å²) in [7, 11) is 0.680. The highest BCUT2D eigenvalue weighted by molar-refractivity contribution is 7.46. The van der Waals surface area contributed by atoms with Crippen molar-refractivity contribution in [3.05, 3.63) is 42.1 Å². The summed E-state index contributed by atoms with van der Waals surface area (Å²) in [4.78, 5) is 7.79. The standard InChI is InChI=1S/C26H36N5P/c1-18-7-6-9-21(15-18)30-13-11-20(12-14-30)28-25-16-23(22-10-5-4-8-19(22)2)29-26-24(32-3)17-27-31(25)26/h4-5,8,10,16-18,20-21,28,32H,6-7,9,11-15H2,1-3H3. The zero-order chi connectivity index (χ0) is 22.1. The van der Waals surface area contributed by atoms with Gasteiger partial charge in [-0.25, -0.2) is 4.98 Å². The van der Waals surface area contributed by atoms with Crippen molar-refractivity contribution in [1.29, 1.82) is 0 Å². The third kappa shape index (κ3) is 4.43. The van der Waals surface area contributed by atoms with E-state index in [1.807, 2.05) is 10.7 Å². The number of piperidine rings is 1. The molecule has 1 N–H and O–H groups in total. The Morgan fingerprint density at radius 2 is 1.91 bits per heavy atom. The second-order valence-corrected chi connectivity index (χ2v) is 10.8. The average molecular weight is 450 g/mol. The highest BCUT2D eigenvalue weighted by Crippen LogP contribution is 2.30. The number of likely N-dealkylation sites (tertiary alicyclic amines) is 1. The van der Waals surface area contributed by atoms with Crippen LogP contribution in [0.3, 0.4) is 0 Å². The molecule has 5 nitrogen and oxygen atoms in total. The zero-order valence-electron chi connectivity index (χ0n) is 19.6. The van der Waals surface area contributed by atoms with E-state index >= 15 is 0 Å². The molecule has 0 bridgehead atoms. The summed E-state index contributed by atoms with van der Waals surface area (Å²) in [5.41, 5.74) is 4.48. The molecule has 1 aliphatic carbocycles. The Kier molecular flexibility index (Phi) is 6.48. The van der Waals surface area contributed by atoms with Gasteiger partial charge in [-0.05, 0) is 50.8 Å². The van der Waals surface area contributed by atoms with E-state index in [1.54, 1.807) is 0 Å². The minimum Gasteiger partial charge on any atom is -0.367 e. The van der Waals surface area contributed by atoms with Gasteiger partial charge in [-0.2, -0.15) is 9.61 Å². The Bertz CT molecular complexity index is 1070. The first-order valence-electron chi connectivity index (χ1n) is 12.3. The maximum Gasteiger partial charge on any atom is 0.165 e. The lowest BCUT2D eigenvalue weighted by atomic mass is 9.85. The van der Waals surface area contributed by atoms with Gasteiger partial charge in [-0.1, -0.05) is 52.6 Å². The van der Waals surface area contributed by atoms with Crippen molar-refractivity contribution < 1.29 is 0 Å². The molecule has 2 aliphatic rings. The van der Waals surface area contributed by atoms with Crippen molar-refractivity contribution in [2.45, 2.75) is 64.5 Å². The molecule has 5 rings (SSSR count). The minimum absolute atomic E-state index is 0.485. The number of aromatic nitrogens is 3. The number of rotatable bonds is 5. The number of fused-ring (bicyclic) bond motifs is 1. The summed E-state index contributed by atoms with van der Waals surface area (Å²) in [6.07, 6.45) is 9.97. The highest BCUT2D eigenvalue weighted by Gasteiger charge is 2.28. The number of aryl methyl sites for hydroxylation is 1. The predicted octanol–water partition coefficient (Wildman–Crippen LogP) is 5.09. The van der Waals surface area contributed by atoms with Crippen molar-refractivity contribution in [1.82, 2.24) is 19.5 Å². The molecule has 3 unspecified atom stereocenters. The molecule has 2 fully saturated rings. The van der Waals surface area contributed by atoms with Crippen LogP contribution in [-0.2, 0) is 0 Å². The van der Waals surface area contributed by atoms with Gasteiger partial charge in [0, 0.05) is 42.1 Å². The maximum absolute atomic E-state index is 5.03. The zero-order valence-corrected chi connectivity index (χ0v) is 20.6. The van der Waals surface area contributed by atoms with Gasteiger partial charge < -0.3 is 10.2 Å². The van der Waals surface area contributed by atoms with Gasteiger partial charge in [0.2, 0.25) is 0 Å². The Balaban J connectivity index is 1.37. The van der Waals surface area contributed by atoms with Gasteiger partial charge in [0.05, 0.1) is 11.9 Å². The molecule has 3 aromatic rings. The molecule has 2 aromatic heterocycles. The van der Waals surface area contributed by atoms with Gasteiger partial charge in [0.1, 0.15) is 5.82 Å². The number of nitrogens with zero attached hydrogens (tertiary/aromatic N) is 4. The smallest absolute Gasteiger partial charge is 0.165 e. The lowest BCUT2D eigenvalue weighted by Crippen LogP contribution is -2.46. The second kappa shape index (κ2) is 9.49. The molecule has 32 heavy (non-hydrogen) atoms. The van der Waals surface area contributed by atoms with Crippen LogP contribution >= 0.6 is 8.58 Å². The van der Waals surface area contributed by atoms with Crippen LogP contribution in [0.15, 0.2) is 36.5 Å². The van der Waals surface area contributed by atoms with E-state index in [1.165, 1.54) is 68.0 Å². The Labute approximate surface area is 193 Å². The fraction of sp³-hybridized carbons (Fsp3) is 0.538. The molecule has 0 radical (unpaired) electrons. The topological polar surface area (TPSA) is 45.5 Å². The van der Waals surface area contributed by atoms with E-state index in [2.05, 4.69) is 61.1 Å². The quantitative estimate of drug-likeness (QED) is 0.551. The number of benzene rings is 1. The summed E-state index contributed by atoms with van der Waals surface area (Å²) >= 11 is 0. The Hall–Kier alpha value is -1.97. The molecule has 1 saturated carbocycles. The molecule has 6 heteroatoms. The highest BCUT2D eigenvalue weighted by atomic mass is 31.1. The summed E-state index contributed by atoms with van der Waals surface area (Å²) in [5.74, 6) is 1.96. The molecule has 3 atom stereocenters. The molecule has 170 valence electrons. The summed E-state index contributed by atoms with van der Waals surface area (Å²) < 4.78 is 2.02. The Morgan fingerprint density at radius 3 is 2.66 bits per heavy atom. The normalized spacial score (nSPS) is 23.3. The van der Waals surface area contributed by atoms with Crippen molar-refractivity contribution in [2.75, 3.05) is 25.1 Å². The fourth-order valence-electron chi connectivity index (χ4n) is 5.59. The number of anilines is 1. The first kappa shape index (κ1) is 21.9. The minimum atomic E-state index is 0.485. The van der Waals surface area contributed by atoms with Crippen LogP contribution in [0.25, 0.3) is 16.9 Å². The van der Waals surface area contributed by atoms with Crippen LogP contribution in [0.2, 0.25) is 0 Å². The van der Waals surface area contributed by atoms with Crippen molar-refractivity contribution in [2.24, 2.45) is 5.92 Å². The van der Waals surface area contributed by atoms with Crippen LogP contribution in [0, 0.1) is 12.8 Å². The number of nitrogens with one attached hydrogen (secondary N) is 1. The number of hydrogen-bond acceptors (Lipinski definition) is 4. The first-order chi connectivity index (χ1) is 15.6. The fourth-order valence-corrected chi connectivity index (χ4v) is 6.16. The second-order valence-electron chi connectivity index (χ2n) is 9.77. The van der Waals surface area contributed by atoms with Crippen molar-refractivity contribution in [3.8, 4) is 11.3 Å². The van der Waals surface area contributed by atoms with Gasteiger partial charge in [-0.15, -0.1) is 0 Å². The third-order valence-electron chi connectivity index (χ3n) is 7.47. The van der Waals surface area contributed by atoms with Crippen LogP contribution in [0.1, 0.15) is 51.0 Å².